The zero-order valence-corrected chi connectivity index (χ0v) is 19.0. The molecule has 1 heterocycles. The van der Waals surface area contributed by atoms with Crippen molar-refractivity contribution in [3.8, 4) is 0 Å². The molecule has 1 fully saturated rings. The largest absolute Gasteiger partial charge is 0.326 e. The Hall–Kier alpha value is -2.49. The van der Waals surface area contributed by atoms with E-state index in [2.05, 4.69) is 10.6 Å². The highest BCUT2D eigenvalue weighted by Gasteiger charge is 2.47. The third-order valence-electron chi connectivity index (χ3n) is 5.20. The highest BCUT2D eigenvalue weighted by atomic mass is 127. The van der Waals surface area contributed by atoms with Gasteiger partial charge in [0.05, 0.1) is 5.69 Å². The zero-order chi connectivity index (χ0) is 22.0. The van der Waals surface area contributed by atoms with Crippen LogP contribution in [0.3, 0.4) is 0 Å². The maximum absolute atomic E-state index is 14.3. The molecule has 1 aliphatic rings. The standard InChI is InChI=1S/C22H23FIN3O3/c1-12(2)18-21(29)27(22(30)26-18)19(13(3)14-7-5-4-6-8-14)20(28)25-17-10-9-15(24)11-16(17)23/h4-13,18-19H,1-3H3,(H,25,28)(H,26,30)/t13-,18?,19-/m0/s1. The summed E-state index contributed by atoms with van der Waals surface area (Å²) in [5.74, 6) is -2.30. The van der Waals surface area contributed by atoms with Gasteiger partial charge < -0.3 is 10.6 Å². The number of hydrogen-bond acceptors (Lipinski definition) is 3. The highest BCUT2D eigenvalue weighted by Crippen LogP contribution is 2.29. The predicted molar refractivity (Wildman–Crippen MR) is 120 cm³/mol. The molecule has 4 amide bonds. The van der Waals surface area contributed by atoms with Crippen molar-refractivity contribution in [3.05, 3.63) is 63.5 Å². The van der Waals surface area contributed by atoms with Crippen LogP contribution in [0, 0.1) is 15.3 Å². The van der Waals surface area contributed by atoms with Gasteiger partial charge in [-0.25, -0.2) is 14.1 Å². The Kier molecular flexibility index (Phi) is 6.74. The second-order valence-electron chi connectivity index (χ2n) is 7.64. The number of amides is 4. The van der Waals surface area contributed by atoms with E-state index in [9.17, 15) is 18.8 Å². The number of nitrogens with one attached hydrogen (secondary N) is 2. The Morgan fingerprint density at radius 2 is 1.80 bits per heavy atom. The number of urea groups is 1. The lowest BCUT2D eigenvalue weighted by Crippen LogP contribution is -2.50. The molecular formula is C22H23FIN3O3. The highest BCUT2D eigenvalue weighted by molar-refractivity contribution is 14.1. The Bertz CT molecular complexity index is 967. The van der Waals surface area contributed by atoms with Crippen molar-refractivity contribution in [3.63, 3.8) is 0 Å². The first-order chi connectivity index (χ1) is 14.2. The van der Waals surface area contributed by atoms with E-state index < -0.39 is 41.7 Å². The van der Waals surface area contributed by atoms with Crippen molar-refractivity contribution in [1.82, 2.24) is 10.2 Å². The smallest absolute Gasteiger partial charge is 0.325 e. The molecule has 1 unspecified atom stereocenters. The fraction of sp³-hybridized carbons (Fsp3) is 0.318. The van der Waals surface area contributed by atoms with Crippen LogP contribution in [0.15, 0.2) is 48.5 Å². The van der Waals surface area contributed by atoms with Gasteiger partial charge in [-0.1, -0.05) is 51.1 Å². The molecule has 6 nitrogen and oxygen atoms in total. The normalized spacial score (nSPS) is 18.3. The van der Waals surface area contributed by atoms with Crippen LogP contribution in [0.25, 0.3) is 0 Å². The molecule has 158 valence electrons. The van der Waals surface area contributed by atoms with Gasteiger partial charge in [0.2, 0.25) is 5.91 Å². The molecule has 3 atom stereocenters. The van der Waals surface area contributed by atoms with Gasteiger partial charge >= 0.3 is 6.03 Å². The lowest BCUT2D eigenvalue weighted by Gasteiger charge is -2.30. The topological polar surface area (TPSA) is 78.5 Å². The van der Waals surface area contributed by atoms with E-state index in [-0.39, 0.29) is 11.6 Å². The number of carbonyl (C=O) groups is 3. The third-order valence-corrected chi connectivity index (χ3v) is 5.87. The Morgan fingerprint density at radius 1 is 1.13 bits per heavy atom. The van der Waals surface area contributed by atoms with Crippen LogP contribution >= 0.6 is 22.6 Å². The van der Waals surface area contributed by atoms with Crippen LogP contribution in [0.2, 0.25) is 0 Å². The first kappa shape index (κ1) is 22.2. The average Bonchev–Trinajstić information content (AvgIpc) is 3.00. The van der Waals surface area contributed by atoms with Gasteiger partial charge in [-0.05, 0) is 52.3 Å². The van der Waals surface area contributed by atoms with Crippen molar-refractivity contribution in [2.45, 2.75) is 38.8 Å². The molecule has 1 saturated heterocycles. The van der Waals surface area contributed by atoms with Gasteiger partial charge in [0.15, 0.2) is 0 Å². The van der Waals surface area contributed by atoms with Crippen molar-refractivity contribution >= 4 is 46.1 Å². The van der Waals surface area contributed by atoms with E-state index in [1.807, 2.05) is 66.8 Å². The monoisotopic (exact) mass is 523 g/mol. The van der Waals surface area contributed by atoms with Crippen LogP contribution in [0.4, 0.5) is 14.9 Å². The van der Waals surface area contributed by atoms with Crippen molar-refractivity contribution < 1.29 is 18.8 Å². The molecule has 0 radical (unpaired) electrons. The fourth-order valence-corrected chi connectivity index (χ4v) is 3.99. The van der Waals surface area contributed by atoms with Gasteiger partial charge in [0.1, 0.15) is 17.9 Å². The fourth-order valence-electron chi connectivity index (χ4n) is 3.53. The van der Waals surface area contributed by atoms with Crippen molar-refractivity contribution in [2.75, 3.05) is 5.32 Å². The summed E-state index contributed by atoms with van der Waals surface area (Å²) < 4.78 is 15.0. The SMILES string of the molecule is CC(C)C1NC(=O)N([C@H](C(=O)Nc2ccc(I)cc2F)[C@@H](C)c2ccccc2)C1=O. The van der Waals surface area contributed by atoms with E-state index in [1.165, 1.54) is 12.1 Å². The minimum atomic E-state index is -1.14. The Morgan fingerprint density at radius 3 is 2.37 bits per heavy atom. The number of nitrogens with zero attached hydrogens (tertiary/aromatic N) is 1. The summed E-state index contributed by atoms with van der Waals surface area (Å²) in [5.41, 5.74) is 0.785. The summed E-state index contributed by atoms with van der Waals surface area (Å²) in [7, 11) is 0. The number of rotatable bonds is 6. The molecule has 8 heteroatoms. The zero-order valence-electron chi connectivity index (χ0n) is 16.9. The van der Waals surface area contributed by atoms with Crippen LogP contribution in [0.1, 0.15) is 32.3 Å². The molecule has 0 saturated carbocycles. The number of benzene rings is 2. The average molecular weight is 523 g/mol. The summed E-state index contributed by atoms with van der Waals surface area (Å²) in [6.07, 6.45) is 0. The molecule has 0 aromatic heterocycles. The molecule has 0 spiro atoms. The first-order valence-electron chi connectivity index (χ1n) is 9.65. The summed E-state index contributed by atoms with van der Waals surface area (Å²) in [6.45, 7) is 5.42. The number of imide groups is 1. The third kappa shape index (κ3) is 4.48. The molecule has 30 heavy (non-hydrogen) atoms. The second-order valence-corrected chi connectivity index (χ2v) is 8.88. The van der Waals surface area contributed by atoms with Gasteiger partial charge in [-0.3, -0.25) is 9.59 Å². The second kappa shape index (κ2) is 9.11. The van der Waals surface area contributed by atoms with Gasteiger partial charge in [0, 0.05) is 9.49 Å². The minimum absolute atomic E-state index is 0.00172. The lowest BCUT2D eigenvalue weighted by molar-refractivity contribution is -0.135. The van der Waals surface area contributed by atoms with E-state index in [0.717, 1.165) is 10.5 Å². The van der Waals surface area contributed by atoms with Gasteiger partial charge in [0.25, 0.3) is 5.91 Å². The molecule has 3 rings (SSSR count). The minimum Gasteiger partial charge on any atom is -0.326 e. The van der Waals surface area contributed by atoms with Crippen LogP contribution in [-0.4, -0.2) is 34.8 Å². The molecule has 2 aromatic rings. The molecule has 2 N–H and O–H groups in total. The number of halogens is 2. The predicted octanol–water partition coefficient (Wildman–Crippen LogP) is 4.12. The quantitative estimate of drug-likeness (QED) is 0.442. The number of hydrogen-bond donors (Lipinski definition) is 2. The molecule has 0 bridgehead atoms. The van der Waals surface area contributed by atoms with Crippen LogP contribution in [-0.2, 0) is 9.59 Å². The van der Waals surface area contributed by atoms with E-state index in [1.54, 1.807) is 13.0 Å². The molecule has 1 aliphatic heterocycles. The maximum Gasteiger partial charge on any atom is 0.325 e. The number of carbonyl (C=O) groups excluding carboxylic acids is 3. The molecule has 0 aliphatic carbocycles. The van der Waals surface area contributed by atoms with Crippen molar-refractivity contribution in [2.24, 2.45) is 5.92 Å². The van der Waals surface area contributed by atoms with Crippen molar-refractivity contribution in [1.29, 1.82) is 0 Å². The van der Waals surface area contributed by atoms with E-state index >= 15 is 0 Å². The van der Waals surface area contributed by atoms with Crippen LogP contribution in [0.5, 0.6) is 0 Å². The van der Waals surface area contributed by atoms with Gasteiger partial charge in [-0.15, -0.1) is 0 Å². The first-order valence-corrected chi connectivity index (χ1v) is 10.7. The summed E-state index contributed by atoms with van der Waals surface area (Å²) in [5, 5.41) is 5.22. The van der Waals surface area contributed by atoms with E-state index in [0.29, 0.717) is 3.57 Å². The summed E-state index contributed by atoms with van der Waals surface area (Å²) in [4.78, 5) is 39.9. The maximum atomic E-state index is 14.3. The molecular weight excluding hydrogens is 500 g/mol. The van der Waals surface area contributed by atoms with E-state index in [4.69, 9.17) is 0 Å². The summed E-state index contributed by atoms with van der Waals surface area (Å²) in [6, 6.07) is 11.1. The van der Waals surface area contributed by atoms with Crippen LogP contribution < -0.4 is 10.6 Å². The molecule has 2 aromatic carbocycles. The Labute approximate surface area is 188 Å². The van der Waals surface area contributed by atoms with Gasteiger partial charge in [-0.2, -0.15) is 0 Å². The number of anilines is 1. The lowest BCUT2D eigenvalue weighted by atomic mass is 9.91. The Balaban J connectivity index is 1.98. The summed E-state index contributed by atoms with van der Waals surface area (Å²) >= 11 is 1.97.